The number of nitrogens with one attached hydrogen (secondary N) is 1. The fourth-order valence-corrected chi connectivity index (χ4v) is 3.72. The summed E-state index contributed by atoms with van der Waals surface area (Å²) in [5.74, 6) is 1.58. The Hall–Kier alpha value is -0.0800. The van der Waals surface area contributed by atoms with Gasteiger partial charge >= 0.3 is 0 Å². The van der Waals surface area contributed by atoms with Crippen molar-refractivity contribution in [3.05, 3.63) is 0 Å². The molecule has 2 fully saturated rings. The van der Waals surface area contributed by atoms with Gasteiger partial charge in [0.1, 0.15) is 0 Å². The van der Waals surface area contributed by atoms with Crippen LogP contribution in [0.15, 0.2) is 0 Å². The molecule has 0 spiro atoms. The van der Waals surface area contributed by atoms with Gasteiger partial charge in [-0.1, -0.05) is 20.8 Å². The standard InChI is InChI=1S/C15H29NO/c1-12-7-14(9-15(2,3)8-12)17-11-13-5-4-6-16-10-13/h12-14,16H,4-11H2,1-3H3. The second kappa shape index (κ2) is 5.71. The summed E-state index contributed by atoms with van der Waals surface area (Å²) in [5, 5.41) is 3.47. The minimum atomic E-state index is 0.479. The third kappa shape index (κ3) is 4.26. The van der Waals surface area contributed by atoms with E-state index in [0.29, 0.717) is 11.5 Å². The molecule has 1 heterocycles. The average Bonchev–Trinajstić information content (AvgIpc) is 2.25. The summed E-state index contributed by atoms with van der Waals surface area (Å²) in [4.78, 5) is 0. The molecule has 17 heavy (non-hydrogen) atoms. The molecule has 0 aromatic heterocycles. The molecule has 0 bridgehead atoms. The van der Waals surface area contributed by atoms with Gasteiger partial charge in [0.25, 0.3) is 0 Å². The highest BCUT2D eigenvalue weighted by Crippen LogP contribution is 2.39. The van der Waals surface area contributed by atoms with Crippen LogP contribution in [0.25, 0.3) is 0 Å². The number of hydrogen-bond donors (Lipinski definition) is 1. The number of piperidine rings is 1. The van der Waals surface area contributed by atoms with Crippen LogP contribution in [-0.2, 0) is 4.74 Å². The van der Waals surface area contributed by atoms with Crippen LogP contribution >= 0.6 is 0 Å². The molecular weight excluding hydrogens is 210 g/mol. The Kier molecular flexibility index (Phi) is 4.48. The van der Waals surface area contributed by atoms with Crippen molar-refractivity contribution in [3.8, 4) is 0 Å². The van der Waals surface area contributed by atoms with E-state index in [0.717, 1.165) is 25.0 Å². The highest BCUT2D eigenvalue weighted by Gasteiger charge is 2.32. The fraction of sp³-hybridized carbons (Fsp3) is 1.00. The van der Waals surface area contributed by atoms with Crippen molar-refractivity contribution in [1.82, 2.24) is 5.32 Å². The first-order valence-corrected chi connectivity index (χ1v) is 7.37. The van der Waals surface area contributed by atoms with Gasteiger partial charge in [0.15, 0.2) is 0 Å². The third-order valence-electron chi connectivity index (χ3n) is 4.31. The van der Waals surface area contributed by atoms with E-state index in [4.69, 9.17) is 4.74 Å². The average molecular weight is 239 g/mol. The maximum Gasteiger partial charge on any atom is 0.0582 e. The van der Waals surface area contributed by atoms with E-state index >= 15 is 0 Å². The van der Waals surface area contributed by atoms with Gasteiger partial charge in [0.2, 0.25) is 0 Å². The van der Waals surface area contributed by atoms with Gasteiger partial charge in [-0.25, -0.2) is 0 Å². The number of ether oxygens (including phenoxy) is 1. The van der Waals surface area contributed by atoms with E-state index in [1.165, 1.54) is 38.6 Å². The van der Waals surface area contributed by atoms with Crippen LogP contribution < -0.4 is 5.32 Å². The summed E-state index contributed by atoms with van der Waals surface area (Å²) in [6.45, 7) is 10.5. The number of rotatable bonds is 3. The van der Waals surface area contributed by atoms with Crippen molar-refractivity contribution >= 4 is 0 Å². The molecule has 1 aliphatic carbocycles. The lowest BCUT2D eigenvalue weighted by Crippen LogP contribution is -2.36. The largest absolute Gasteiger partial charge is 0.378 e. The van der Waals surface area contributed by atoms with Gasteiger partial charge in [-0.2, -0.15) is 0 Å². The van der Waals surface area contributed by atoms with E-state index < -0.39 is 0 Å². The second-order valence-electron chi connectivity index (χ2n) is 7.08. The molecule has 2 heteroatoms. The van der Waals surface area contributed by atoms with Crippen molar-refractivity contribution in [3.63, 3.8) is 0 Å². The van der Waals surface area contributed by atoms with Gasteiger partial charge in [-0.3, -0.25) is 0 Å². The molecule has 0 aromatic carbocycles. The Morgan fingerprint density at radius 2 is 2.12 bits per heavy atom. The van der Waals surface area contributed by atoms with Crippen molar-refractivity contribution in [2.45, 2.75) is 59.0 Å². The lowest BCUT2D eigenvalue weighted by molar-refractivity contribution is -0.0385. The van der Waals surface area contributed by atoms with Gasteiger partial charge in [0, 0.05) is 6.54 Å². The van der Waals surface area contributed by atoms with Crippen molar-refractivity contribution in [2.75, 3.05) is 19.7 Å². The lowest BCUT2D eigenvalue weighted by Gasteiger charge is -2.39. The Morgan fingerprint density at radius 3 is 2.76 bits per heavy atom. The maximum absolute atomic E-state index is 6.19. The SMILES string of the molecule is CC1CC(OCC2CCCNC2)CC(C)(C)C1. The topological polar surface area (TPSA) is 21.3 Å². The number of hydrogen-bond acceptors (Lipinski definition) is 2. The fourth-order valence-electron chi connectivity index (χ4n) is 3.72. The summed E-state index contributed by atoms with van der Waals surface area (Å²) >= 11 is 0. The molecule has 1 saturated heterocycles. The Morgan fingerprint density at radius 1 is 1.29 bits per heavy atom. The van der Waals surface area contributed by atoms with Crippen molar-refractivity contribution in [2.24, 2.45) is 17.3 Å². The van der Waals surface area contributed by atoms with E-state index in [1.807, 2.05) is 0 Å². The molecule has 1 aliphatic heterocycles. The zero-order valence-corrected chi connectivity index (χ0v) is 11.8. The first-order valence-electron chi connectivity index (χ1n) is 7.37. The zero-order chi connectivity index (χ0) is 12.3. The normalized spacial score (nSPS) is 37.9. The first-order chi connectivity index (χ1) is 8.05. The monoisotopic (exact) mass is 239 g/mol. The van der Waals surface area contributed by atoms with Crippen LogP contribution in [0.2, 0.25) is 0 Å². The van der Waals surface area contributed by atoms with Crippen LogP contribution in [0.1, 0.15) is 52.9 Å². The third-order valence-corrected chi connectivity index (χ3v) is 4.31. The van der Waals surface area contributed by atoms with Gasteiger partial charge in [-0.15, -0.1) is 0 Å². The van der Waals surface area contributed by atoms with Crippen molar-refractivity contribution < 1.29 is 4.74 Å². The quantitative estimate of drug-likeness (QED) is 0.816. The minimum absolute atomic E-state index is 0.479. The van der Waals surface area contributed by atoms with E-state index in [2.05, 4.69) is 26.1 Å². The molecule has 2 nitrogen and oxygen atoms in total. The maximum atomic E-state index is 6.19. The predicted molar refractivity (Wildman–Crippen MR) is 72.1 cm³/mol. The molecule has 3 unspecified atom stereocenters. The summed E-state index contributed by atoms with van der Waals surface area (Å²) in [6, 6.07) is 0. The predicted octanol–water partition coefficient (Wildman–Crippen LogP) is 3.22. The van der Waals surface area contributed by atoms with Gasteiger partial charge < -0.3 is 10.1 Å². The van der Waals surface area contributed by atoms with Crippen LogP contribution in [0.4, 0.5) is 0 Å². The first kappa shape index (κ1) is 13.4. The Bertz CT molecular complexity index is 233. The second-order valence-corrected chi connectivity index (χ2v) is 7.08. The summed E-state index contributed by atoms with van der Waals surface area (Å²) < 4.78 is 6.19. The smallest absolute Gasteiger partial charge is 0.0582 e. The van der Waals surface area contributed by atoms with Crippen molar-refractivity contribution in [1.29, 1.82) is 0 Å². The van der Waals surface area contributed by atoms with Crippen LogP contribution in [0, 0.1) is 17.3 Å². The molecule has 0 amide bonds. The summed E-state index contributed by atoms with van der Waals surface area (Å²) in [7, 11) is 0. The minimum Gasteiger partial charge on any atom is -0.378 e. The molecule has 1 saturated carbocycles. The van der Waals surface area contributed by atoms with Crippen LogP contribution in [0.5, 0.6) is 0 Å². The molecule has 100 valence electrons. The summed E-state index contributed by atoms with van der Waals surface area (Å²) in [6.07, 6.45) is 7.05. The van der Waals surface area contributed by atoms with E-state index in [-0.39, 0.29) is 0 Å². The van der Waals surface area contributed by atoms with Gasteiger partial charge in [-0.05, 0) is 55.9 Å². The Balaban J connectivity index is 1.74. The van der Waals surface area contributed by atoms with Crippen LogP contribution in [-0.4, -0.2) is 25.8 Å². The lowest BCUT2D eigenvalue weighted by atomic mass is 9.71. The Labute approximate surface area is 107 Å². The zero-order valence-electron chi connectivity index (χ0n) is 11.8. The van der Waals surface area contributed by atoms with Crippen LogP contribution in [0.3, 0.4) is 0 Å². The van der Waals surface area contributed by atoms with E-state index in [9.17, 15) is 0 Å². The highest BCUT2D eigenvalue weighted by molar-refractivity contribution is 4.83. The molecule has 2 rings (SSSR count). The summed E-state index contributed by atoms with van der Waals surface area (Å²) in [5.41, 5.74) is 0.479. The molecule has 0 aromatic rings. The molecular formula is C15H29NO. The molecule has 0 radical (unpaired) electrons. The highest BCUT2D eigenvalue weighted by atomic mass is 16.5. The molecule has 2 aliphatic rings. The van der Waals surface area contributed by atoms with Gasteiger partial charge in [0.05, 0.1) is 12.7 Å². The van der Waals surface area contributed by atoms with E-state index in [1.54, 1.807) is 0 Å². The molecule has 3 atom stereocenters. The molecule has 1 N–H and O–H groups in total.